The van der Waals surface area contributed by atoms with Crippen molar-refractivity contribution in [2.45, 2.75) is 39.5 Å². The third-order valence-corrected chi connectivity index (χ3v) is 5.25. The molecule has 1 aliphatic heterocycles. The van der Waals surface area contributed by atoms with E-state index in [2.05, 4.69) is 61.2 Å². The lowest BCUT2D eigenvalue weighted by Gasteiger charge is -2.32. The molecule has 7 heteroatoms. The lowest BCUT2D eigenvalue weighted by Crippen LogP contribution is -2.48. The number of aromatic nitrogens is 2. The van der Waals surface area contributed by atoms with Crippen LogP contribution in [0.15, 0.2) is 30.6 Å². The van der Waals surface area contributed by atoms with Gasteiger partial charge in [0.2, 0.25) is 6.41 Å². The Hall–Kier alpha value is -2.96. The van der Waals surface area contributed by atoms with Crippen LogP contribution in [0.1, 0.15) is 61.1 Å². The minimum atomic E-state index is -0.153. The van der Waals surface area contributed by atoms with Crippen LogP contribution in [0.3, 0.4) is 0 Å². The molecule has 1 aromatic heterocycles. The van der Waals surface area contributed by atoms with Crippen molar-refractivity contribution >= 4 is 23.8 Å². The van der Waals surface area contributed by atoms with Crippen LogP contribution in [0, 0.1) is 0 Å². The summed E-state index contributed by atoms with van der Waals surface area (Å²) in [6.45, 7) is 10.8. The van der Waals surface area contributed by atoms with E-state index in [-0.39, 0.29) is 5.91 Å². The normalized spacial score (nSPS) is 14.4. The Bertz CT molecular complexity index is 830. The predicted octanol–water partition coefficient (Wildman–Crippen LogP) is 3.38. The lowest BCUT2D eigenvalue weighted by molar-refractivity contribution is -0.119. The Morgan fingerprint density at radius 1 is 1.00 bits per heavy atom. The van der Waals surface area contributed by atoms with Gasteiger partial charge in [0.25, 0.3) is 5.91 Å². The largest absolute Gasteiger partial charge is 0.342 e. The molecule has 0 atom stereocenters. The topological polar surface area (TPSA) is 78.4 Å². The van der Waals surface area contributed by atoms with E-state index in [0.29, 0.717) is 49.5 Å². The quantitative estimate of drug-likeness (QED) is 0.759. The fraction of sp³-hybridized carbons (Fsp3) is 0.455. The number of anilines is 2. The molecule has 0 spiro atoms. The molecule has 1 aromatic carbocycles. The molecule has 0 aliphatic carbocycles. The van der Waals surface area contributed by atoms with Crippen molar-refractivity contribution in [2.75, 3.05) is 31.5 Å². The van der Waals surface area contributed by atoms with Gasteiger partial charge in [-0.2, -0.15) is 0 Å². The van der Waals surface area contributed by atoms with Crippen LogP contribution in [-0.4, -0.2) is 58.3 Å². The van der Waals surface area contributed by atoms with E-state index in [1.54, 1.807) is 16.0 Å². The number of piperazine rings is 1. The smallest absolute Gasteiger partial charge is 0.274 e. The molecule has 0 radical (unpaired) electrons. The average molecular weight is 396 g/mol. The minimum Gasteiger partial charge on any atom is -0.342 e. The molecule has 154 valence electrons. The zero-order valence-electron chi connectivity index (χ0n) is 17.6. The molecule has 29 heavy (non-hydrogen) atoms. The van der Waals surface area contributed by atoms with Crippen molar-refractivity contribution in [2.24, 2.45) is 0 Å². The molecule has 2 heterocycles. The zero-order chi connectivity index (χ0) is 21.0. The summed E-state index contributed by atoms with van der Waals surface area (Å²) in [5, 5.41) is 3.42. The van der Waals surface area contributed by atoms with Crippen LogP contribution in [-0.2, 0) is 4.79 Å². The summed E-state index contributed by atoms with van der Waals surface area (Å²) in [6.07, 6.45) is 3.95. The second kappa shape index (κ2) is 9.03. The number of hydrogen-bond acceptors (Lipinski definition) is 5. The molecule has 2 amide bonds. The van der Waals surface area contributed by atoms with E-state index in [4.69, 9.17) is 0 Å². The Labute approximate surface area is 172 Å². The summed E-state index contributed by atoms with van der Waals surface area (Å²) >= 11 is 0. The first kappa shape index (κ1) is 20.8. The average Bonchev–Trinajstić information content (AvgIpc) is 2.73. The Kier molecular flexibility index (Phi) is 6.46. The predicted molar refractivity (Wildman–Crippen MR) is 113 cm³/mol. The fourth-order valence-electron chi connectivity index (χ4n) is 3.52. The maximum absolute atomic E-state index is 12.6. The van der Waals surface area contributed by atoms with Crippen LogP contribution in [0.4, 0.5) is 11.5 Å². The number of para-hydroxylation sites is 1. The molecule has 0 unspecified atom stereocenters. The summed E-state index contributed by atoms with van der Waals surface area (Å²) in [4.78, 5) is 35.6. The van der Waals surface area contributed by atoms with Gasteiger partial charge < -0.3 is 15.1 Å². The number of rotatable bonds is 6. The summed E-state index contributed by atoms with van der Waals surface area (Å²) < 4.78 is 0. The third-order valence-electron chi connectivity index (χ3n) is 5.25. The molecule has 1 fully saturated rings. The van der Waals surface area contributed by atoms with E-state index in [9.17, 15) is 9.59 Å². The second-order valence-corrected chi connectivity index (χ2v) is 7.97. The van der Waals surface area contributed by atoms with Crippen LogP contribution in [0.25, 0.3) is 0 Å². The second-order valence-electron chi connectivity index (χ2n) is 7.97. The first-order valence-electron chi connectivity index (χ1n) is 10.1. The molecule has 7 nitrogen and oxygen atoms in total. The summed E-state index contributed by atoms with van der Waals surface area (Å²) in [6, 6.07) is 6.35. The minimum absolute atomic E-state index is 0.153. The van der Waals surface area contributed by atoms with Gasteiger partial charge in [-0.25, -0.2) is 9.97 Å². The Morgan fingerprint density at radius 2 is 1.62 bits per heavy atom. The molecule has 1 N–H and O–H groups in total. The number of hydrogen-bond donors (Lipinski definition) is 1. The van der Waals surface area contributed by atoms with Gasteiger partial charge in [-0.1, -0.05) is 45.9 Å². The molecule has 0 saturated carbocycles. The van der Waals surface area contributed by atoms with Crippen molar-refractivity contribution in [3.8, 4) is 0 Å². The van der Waals surface area contributed by atoms with Crippen LogP contribution >= 0.6 is 0 Å². The first-order valence-corrected chi connectivity index (χ1v) is 10.1. The van der Waals surface area contributed by atoms with Gasteiger partial charge in [0.05, 0.1) is 12.4 Å². The summed E-state index contributed by atoms with van der Waals surface area (Å²) in [5.74, 6) is 1.20. The van der Waals surface area contributed by atoms with Gasteiger partial charge >= 0.3 is 0 Å². The van der Waals surface area contributed by atoms with Crippen molar-refractivity contribution in [3.05, 3.63) is 47.4 Å². The molecular formula is C22H29N5O2. The van der Waals surface area contributed by atoms with Gasteiger partial charge in [-0.3, -0.25) is 9.59 Å². The van der Waals surface area contributed by atoms with Crippen molar-refractivity contribution < 1.29 is 9.59 Å². The maximum atomic E-state index is 12.6. The first-order chi connectivity index (χ1) is 13.9. The van der Waals surface area contributed by atoms with Gasteiger partial charge in [0.1, 0.15) is 11.5 Å². The highest BCUT2D eigenvalue weighted by Gasteiger charge is 2.22. The fourth-order valence-corrected chi connectivity index (χ4v) is 3.52. The van der Waals surface area contributed by atoms with Crippen molar-refractivity contribution in [1.29, 1.82) is 0 Å². The van der Waals surface area contributed by atoms with Crippen LogP contribution < -0.4 is 5.32 Å². The highest BCUT2D eigenvalue weighted by Crippen LogP contribution is 2.33. The van der Waals surface area contributed by atoms with Crippen LogP contribution in [0.2, 0.25) is 0 Å². The highest BCUT2D eigenvalue weighted by molar-refractivity contribution is 5.92. The number of nitrogens with one attached hydrogen (secondary N) is 1. The number of amides is 2. The lowest BCUT2D eigenvalue weighted by atomic mass is 9.92. The zero-order valence-corrected chi connectivity index (χ0v) is 17.6. The molecule has 0 bridgehead atoms. The summed E-state index contributed by atoms with van der Waals surface area (Å²) in [5.41, 5.74) is 3.84. The maximum Gasteiger partial charge on any atom is 0.274 e. The van der Waals surface area contributed by atoms with E-state index >= 15 is 0 Å². The van der Waals surface area contributed by atoms with E-state index < -0.39 is 0 Å². The van der Waals surface area contributed by atoms with Gasteiger partial charge in [0.15, 0.2) is 0 Å². The SMILES string of the molecule is CC(C)c1cccc(C(C)C)c1Nc1cnc(C(=O)N2CCN(C=O)CC2)cn1. The van der Waals surface area contributed by atoms with Crippen molar-refractivity contribution in [1.82, 2.24) is 19.8 Å². The number of carbonyl (C=O) groups excluding carboxylic acids is 2. The monoisotopic (exact) mass is 395 g/mol. The van der Waals surface area contributed by atoms with Gasteiger partial charge in [-0.05, 0) is 23.0 Å². The molecule has 2 aromatic rings. The molecule has 1 aliphatic rings. The number of benzene rings is 1. The van der Waals surface area contributed by atoms with Crippen LogP contribution in [0.5, 0.6) is 0 Å². The Balaban J connectivity index is 1.76. The van der Waals surface area contributed by atoms with Gasteiger partial charge in [-0.15, -0.1) is 0 Å². The molecule has 1 saturated heterocycles. The Morgan fingerprint density at radius 3 is 2.10 bits per heavy atom. The third kappa shape index (κ3) is 4.72. The highest BCUT2D eigenvalue weighted by atomic mass is 16.2. The standard InChI is InChI=1S/C22H29N5O2/c1-15(2)17-6-5-7-18(16(3)4)21(17)25-20-13-23-19(12-24-20)22(29)27-10-8-26(14-28)9-11-27/h5-7,12-16H,8-11H2,1-4H3,(H,24,25). The van der Waals surface area contributed by atoms with E-state index in [1.165, 1.54) is 17.3 Å². The van der Waals surface area contributed by atoms with E-state index in [0.717, 1.165) is 12.1 Å². The van der Waals surface area contributed by atoms with Gasteiger partial charge in [0, 0.05) is 31.9 Å². The van der Waals surface area contributed by atoms with Crippen molar-refractivity contribution in [3.63, 3.8) is 0 Å². The number of carbonyl (C=O) groups is 2. The summed E-state index contributed by atoms with van der Waals surface area (Å²) in [7, 11) is 0. The number of nitrogens with zero attached hydrogens (tertiary/aromatic N) is 4. The molecule has 3 rings (SSSR count). The van der Waals surface area contributed by atoms with E-state index in [1.807, 2.05) is 0 Å². The molecular weight excluding hydrogens is 366 g/mol.